The molecule has 32 heavy (non-hydrogen) atoms. The molecule has 0 aromatic heterocycles. The maximum atomic E-state index is 12.3. The molecule has 0 atom stereocenters. The Morgan fingerprint density at radius 3 is 2.47 bits per heavy atom. The zero-order chi connectivity index (χ0) is 23.1. The Balaban J connectivity index is 1.57. The Labute approximate surface area is 190 Å². The van der Waals surface area contributed by atoms with E-state index in [0.717, 1.165) is 11.1 Å². The van der Waals surface area contributed by atoms with E-state index < -0.39 is 17.8 Å². The monoisotopic (exact) mass is 449 g/mol. The van der Waals surface area contributed by atoms with E-state index in [1.165, 1.54) is 6.21 Å². The highest BCUT2D eigenvalue weighted by atomic mass is 35.5. The van der Waals surface area contributed by atoms with E-state index in [1.54, 1.807) is 60.7 Å². The molecule has 3 aromatic carbocycles. The molecule has 0 aliphatic rings. The van der Waals surface area contributed by atoms with Crippen molar-refractivity contribution < 1.29 is 19.1 Å². The third-order valence-corrected chi connectivity index (χ3v) is 4.75. The molecule has 0 heterocycles. The van der Waals surface area contributed by atoms with Gasteiger partial charge in [-0.2, -0.15) is 5.10 Å². The van der Waals surface area contributed by atoms with E-state index in [-0.39, 0.29) is 0 Å². The first kappa shape index (κ1) is 22.7. The summed E-state index contributed by atoms with van der Waals surface area (Å²) in [5.41, 5.74) is 5.35. The van der Waals surface area contributed by atoms with Gasteiger partial charge < -0.3 is 10.1 Å². The summed E-state index contributed by atoms with van der Waals surface area (Å²) in [6.07, 6.45) is 1.33. The van der Waals surface area contributed by atoms with Crippen LogP contribution in [-0.4, -0.2) is 24.0 Å². The van der Waals surface area contributed by atoms with Gasteiger partial charge in [0.25, 0.3) is 0 Å². The van der Waals surface area contributed by atoms with Gasteiger partial charge in [-0.1, -0.05) is 47.5 Å². The van der Waals surface area contributed by atoms with Gasteiger partial charge in [-0.15, -0.1) is 0 Å². The van der Waals surface area contributed by atoms with Crippen LogP contribution in [0.3, 0.4) is 0 Å². The fourth-order valence-corrected chi connectivity index (χ4v) is 2.85. The third kappa shape index (κ3) is 6.26. The molecule has 0 fully saturated rings. The van der Waals surface area contributed by atoms with Crippen molar-refractivity contribution in [2.45, 2.75) is 13.8 Å². The minimum Gasteiger partial charge on any atom is -0.423 e. The van der Waals surface area contributed by atoms with Gasteiger partial charge in [-0.3, -0.25) is 9.59 Å². The van der Waals surface area contributed by atoms with Crippen LogP contribution in [0.4, 0.5) is 5.69 Å². The fourth-order valence-electron chi connectivity index (χ4n) is 2.67. The zero-order valence-corrected chi connectivity index (χ0v) is 18.1. The summed E-state index contributed by atoms with van der Waals surface area (Å²) in [7, 11) is 0. The Morgan fingerprint density at radius 1 is 0.938 bits per heavy atom. The molecule has 0 saturated carbocycles. The minimum absolute atomic E-state index is 0.320. The standard InChI is InChI=1S/C24H20ClN3O4/c1-15-5-3-7-18(11-15)24(31)32-20-8-4-6-17(12-20)14-26-28-23(30)22(29)27-19-10-9-16(2)21(25)13-19/h3-14H,1-2H3,(H,27,29)(H,28,30)/b26-14+. The number of anilines is 1. The molecular weight excluding hydrogens is 430 g/mol. The van der Waals surface area contributed by atoms with E-state index in [2.05, 4.69) is 15.8 Å². The lowest BCUT2D eigenvalue weighted by Gasteiger charge is -2.06. The van der Waals surface area contributed by atoms with Crippen molar-refractivity contribution in [2.24, 2.45) is 5.10 Å². The van der Waals surface area contributed by atoms with Crippen LogP contribution in [0.5, 0.6) is 5.75 Å². The number of benzene rings is 3. The maximum absolute atomic E-state index is 12.3. The lowest BCUT2D eigenvalue weighted by atomic mass is 10.1. The highest BCUT2D eigenvalue weighted by molar-refractivity contribution is 6.39. The summed E-state index contributed by atoms with van der Waals surface area (Å²) >= 11 is 6.01. The number of hydrogen-bond donors (Lipinski definition) is 2. The van der Waals surface area contributed by atoms with Gasteiger partial charge >= 0.3 is 17.8 Å². The molecule has 2 amide bonds. The van der Waals surface area contributed by atoms with E-state index in [9.17, 15) is 14.4 Å². The van der Waals surface area contributed by atoms with E-state index in [0.29, 0.717) is 27.6 Å². The molecule has 7 nitrogen and oxygen atoms in total. The van der Waals surface area contributed by atoms with Crippen LogP contribution in [-0.2, 0) is 9.59 Å². The van der Waals surface area contributed by atoms with Gasteiger partial charge in [0, 0.05) is 10.7 Å². The Kier molecular flexibility index (Phi) is 7.36. The second kappa shape index (κ2) is 10.4. The third-order valence-electron chi connectivity index (χ3n) is 4.34. The fraction of sp³-hybridized carbons (Fsp3) is 0.0833. The van der Waals surface area contributed by atoms with Gasteiger partial charge in [0.2, 0.25) is 0 Å². The van der Waals surface area contributed by atoms with Crippen LogP contribution < -0.4 is 15.5 Å². The first-order valence-corrected chi connectivity index (χ1v) is 9.99. The molecule has 0 saturated heterocycles. The van der Waals surface area contributed by atoms with Crippen LogP contribution >= 0.6 is 11.6 Å². The van der Waals surface area contributed by atoms with Crippen molar-refractivity contribution in [3.63, 3.8) is 0 Å². The van der Waals surface area contributed by atoms with E-state index in [1.807, 2.05) is 19.9 Å². The lowest BCUT2D eigenvalue weighted by Crippen LogP contribution is -2.32. The molecule has 0 aliphatic heterocycles. The highest BCUT2D eigenvalue weighted by Crippen LogP contribution is 2.20. The van der Waals surface area contributed by atoms with Crippen molar-refractivity contribution in [3.8, 4) is 5.75 Å². The van der Waals surface area contributed by atoms with Gasteiger partial charge in [-0.25, -0.2) is 10.2 Å². The number of carbonyl (C=O) groups excluding carboxylic acids is 3. The largest absolute Gasteiger partial charge is 0.423 e. The second-order valence-corrected chi connectivity index (χ2v) is 7.36. The molecule has 2 N–H and O–H groups in total. The van der Waals surface area contributed by atoms with Gasteiger partial charge in [0.15, 0.2) is 0 Å². The number of hydrazone groups is 1. The van der Waals surface area contributed by atoms with E-state index >= 15 is 0 Å². The smallest absolute Gasteiger partial charge is 0.343 e. The molecule has 0 unspecified atom stereocenters. The van der Waals surface area contributed by atoms with Gasteiger partial charge in [-0.05, 0) is 61.4 Å². The molecule has 0 spiro atoms. The summed E-state index contributed by atoms with van der Waals surface area (Å²) in [6.45, 7) is 3.71. The molecule has 0 bridgehead atoms. The molecular formula is C24H20ClN3O4. The SMILES string of the molecule is Cc1cccc(C(=O)Oc2cccc(/C=N/NC(=O)C(=O)Nc3ccc(C)c(Cl)c3)c2)c1. The predicted octanol–water partition coefficient (Wildman–Crippen LogP) is 4.26. The van der Waals surface area contributed by atoms with Crippen molar-refractivity contribution in [1.82, 2.24) is 5.43 Å². The number of aryl methyl sites for hydroxylation is 2. The number of hydrogen-bond acceptors (Lipinski definition) is 5. The van der Waals surface area contributed by atoms with E-state index in [4.69, 9.17) is 16.3 Å². The quantitative estimate of drug-likeness (QED) is 0.200. The number of ether oxygens (including phenoxy) is 1. The van der Waals surface area contributed by atoms with Crippen LogP contribution in [0.25, 0.3) is 0 Å². The summed E-state index contributed by atoms with van der Waals surface area (Å²) in [4.78, 5) is 36.2. The second-order valence-electron chi connectivity index (χ2n) is 6.95. The van der Waals surface area contributed by atoms with Crippen molar-refractivity contribution in [3.05, 3.63) is 94.0 Å². The number of halogens is 1. The van der Waals surface area contributed by atoms with Crippen molar-refractivity contribution >= 4 is 41.3 Å². The summed E-state index contributed by atoms with van der Waals surface area (Å²) in [6, 6.07) is 18.6. The Hall–Kier alpha value is -3.97. The summed E-state index contributed by atoms with van der Waals surface area (Å²) in [5, 5.41) is 6.69. The average Bonchev–Trinajstić information content (AvgIpc) is 2.76. The molecule has 8 heteroatoms. The first-order valence-electron chi connectivity index (χ1n) is 9.61. The number of rotatable bonds is 5. The van der Waals surface area contributed by atoms with Crippen LogP contribution in [0.1, 0.15) is 27.0 Å². The zero-order valence-electron chi connectivity index (χ0n) is 17.4. The van der Waals surface area contributed by atoms with Crippen LogP contribution in [0.15, 0.2) is 71.8 Å². The van der Waals surface area contributed by atoms with Gasteiger partial charge in [0.1, 0.15) is 5.75 Å². The average molecular weight is 450 g/mol. The number of amides is 2. The Morgan fingerprint density at radius 2 is 1.72 bits per heavy atom. The number of carbonyl (C=O) groups is 3. The normalized spacial score (nSPS) is 10.6. The predicted molar refractivity (Wildman–Crippen MR) is 123 cm³/mol. The molecule has 0 radical (unpaired) electrons. The molecule has 0 aliphatic carbocycles. The highest BCUT2D eigenvalue weighted by Gasteiger charge is 2.13. The number of nitrogens with zero attached hydrogens (tertiary/aromatic N) is 1. The van der Waals surface area contributed by atoms with Crippen LogP contribution in [0, 0.1) is 13.8 Å². The van der Waals surface area contributed by atoms with Crippen LogP contribution in [0.2, 0.25) is 5.02 Å². The van der Waals surface area contributed by atoms with Gasteiger partial charge in [0.05, 0.1) is 11.8 Å². The maximum Gasteiger partial charge on any atom is 0.343 e. The Bertz CT molecular complexity index is 1210. The minimum atomic E-state index is -0.944. The molecule has 3 rings (SSSR count). The molecule has 162 valence electrons. The lowest BCUT2D eigenvalue weighted by molar-refractivity contribution is -0.136. The first-order chi connectivity index (χ1) is 15.3. The number of esters is 1. The topological polar surface area (TPSA) is 96.9 Å². The van der Waals surface area contributed by atoms with Crippen molar-refractivity contribution in [2.75, 3.05) is 5.32 Å². The summed E-state index contributed by atoms with van der Waals surface area (Å²) in [5.74, 6) is -1.99. The van der Waals surface area contributed by atoms with Crippen molar-refractivity contribution in [1.29, 1.82) is 0 Å². The summed E-state index contributed by atoms with van der Waals surface area (Å²) < 4.78 is 5.38. The molecule has 3 aromatic rings. The number of nitrogens with one attached hydrogen (secondary N) is 2.